The van der Waals surface area contributed by atoms with Crippen molar-refractivity contribution >= 4 is 10.9 Å². The molecule has 8 nitrogen and oxygen atoms in total. The van der Waals surface area contributed by atoms with E-state index in [1.54, 1.807) is 10.6 Å². The van der Waals surface area contributed by atoms with Gasteiger partial charge in [-0.2, -0.15) is 0 Å². The number of nitrogens with zero attached hydrogens (tertiary/aromatic N) is 3. The second kappa shape index (κ2) is 8.10. The largest absolute Gasteiger partial charge is 0.494 e. The number of fused-ring (bicyclic) bond motifs is 6. The minimum Gasteiger partial charge on any atom is -0.494 e. The van der Waals surface area contributed by atoms with Gasteiger partial charge in [-0.05, 0) is 55.0 Å². The summed E-state index contributed by atoms with van der Waals surface area (Å²) in [5.41, 5.74) is 2.36. The van der Waals surface area contributed by atoms with Crippen molar-refractivity contribution in [2.75, 3.05) is 19.6 Å². The van der Waals surface area contributed by atoms with E-state index in [1.165, 1.54) is 0 Å². The number of hydrogen-bond donors (Lipinski definition) is 4. The van der Waals surface area contributed by atoms with E-state index < -0.39 is 12.2 Å². The van der Waals surface area contributed by atoms with Crippen molar-refractivity contribution in [2.24, 2.45) is 11.8 Å². The number of pyridine rings is 1. The molecular formula is C28H33N3O5. The molecule has 3 aromatic rings. The zero-order chi connectivity index (χ0) is 24.7. The first-order valence-electron chi connectivity index (χ1n) is 13.2. The normalized spacial score (nSPS) is 31.8. The van der Waals surface area contributed by atoms with E-state index >= 15 is 0 Å². The summed E-state index contributed by atoms with van der Waals surface area (Å²) in [4.78, 5) is 15.2. The van der Waals surface area contributed by atoms with Crippen LogP contribution in [0.25, 0.3) is 10.9 Å². The highest BCUT2D eigenvalue weighted by Gasteiger charge is 2.54. The molecule has 6 atom stereocenters. The lowest BCUT2D eigenvalue weighted by Gasteiger charge is -2.33. The van der Waals surface area contributed by atoms with Crippen LogP contribution in [0.1, 0.15) is 54.7 Å². The van der Waals surface area contributed by atoms with Crippen molar-refractivity contribution in [3.63, 3.8) is 0 Å². The number of rotatable bonds is 5. The third-order valence-electron chi connectivity index (χ3n) is 9.45. The molecule has 3 aliphatic carbocycles. The predicted molar refractivity (Wildman–Crippen MR) is 134 cm³/mol. The highest BCUT2D eigenvalue weighted by molar-refractivity contribution is 5.78. The second-order valence-corrected chi connectivity index (χ2v) is 11.4. The van der Waals surface area contributed by atoms with Gasteiger partial charge in [-0.15, -0.1) is 0 Å². The first-order chi connectivity index (χ1) is 17.4. The molecule has 190 valence electrons. The summed E-state index contributed by atoms with van der Waals surface area (Å²) in [5, 5.41) is 43.3. The van der Waals surface area contributed by atoms with Crippen molar-refractivity contribution in [3.8, 4) is 11.8 Å². The Hall–Kier alpha value is -2.81. The summed E-state index contributed by atoms with van der Waals surface area (Å²) in [6, 6.07) is 11.9. The Morgan fingerprint density at radius 3 is 2.14 bits per heavy atom. The number of aromatic nitrogens is 2. The number of piperidine rings is 1. The Bertz CT molecular complexity index is 1350. The molecule has 2 aromatic heterocycles. The molecule has 1 aliphatic heterocycles. The summed E-state index contributed by atoms with van der Waals surface area (Å²) in [7, 11) is 0. The molecule has 36 heavy (non-hydrogen) atoms. The van der Waals surface area contributed by atoms with Crippen LogP contribution in [-0.4, -0.2) is 66.3 Å². The van der Waals surface area contributed by atoms with E-state index in [9.17, 15) is 25.2 Å². The van der Waals surface area contributed by atoms with Crippen LogP contribution >= 0.6 is 0 Å². The number of para-hydroxylation sites is 1. The Morgan fingerprint density at radius 2 is 1.44 bits per heavy atom. The van der Waals surface area contributed by atoms with Crippen LogP contribution in [0.3, 0.4) is 0 Å². The van der Waals surface area contributed by atoms with Gasteiger partial charge in [-0.25, -0.2) is 0 Å². The first kappa shape index (κ1) is 22.4. The topological polar surface area (TPSA) is 111 Å². The maximum Gasteiger partial charge on any atom is 0.251 e. The number of benzene rings is 1. The molecule has 7 rings (SSSR count). The van der Waals surface area contributed by atoms with E-state index in [4.69, 9.17) is 0 Å². The molecule has 2 bridgehead atoms. The molecule has 4 unspecified atom stereocenters. The number of aliphatic hydroxyl groups is 2. The minimum absolute atomic E-state index is 0.0629. The Morgan fingerprint density at radius 1 is 0.806 bits per heavy atom. The average Bonchev–Trinajstić information content (AvgIpc) is 3.28. The molecule has 0 amide bonds. The van der Waals surface area contributed by atoms with Crippen LogP contribution in [0, 0.1) is 11.8 Å². The number of hydrogen-bond acceptors (Lipinski definition) is 6. The lowest BCUT2D eigenvalue weighted by molar-refractivity contribution is 0.0211. The van der Waals surface area contributed by atoms with Gasteiger partial charge in [-0.3, -0.25) is 9.36 Å². The Balaban J connectivity index is 0.989. The van der Waals surface area contributed by atoms with Crippen molar-refractivity contribution in [3.05, 3.63) is 57.9 Å². The van der Waals surface area contributed by atoms with E-state index in [0.717, 1.165) is 49.8 Å². The van der Waals surface area contributed by atoms with Crippen LogP contribution in [0.5, 0.6) is 11.8 Å². The van der Waals surface area contributed by atoms with Gasteiger partial charge in [0.05, 0.1) is 17.7 Å². The third kappa shape index (κ3) is 3.27. The van der Waals surface area contributed by atoms with Gasteiger partial charge in [0.15, 0.2) is 11.8 Å². The van der Waals surface area contributed by atoms with Crippen LogP contribution in [-0.2, 0) is 6.54 Å². The lowest BCUT2D eigenvalue weighted by Crippen LogP contribution is -2.38. The van der Waals surface area contributed by atoms with E-state index in [0.29, 0.717) is 35.9 Å². The fourth-order valence-electron chi connectivity index (χ4n) is 7.41. The summed E-state index contributed by atoms with van der Waals surface area (Å²) < 4.78 is 3.57. The quantitative estimate of drug-likeness (QED) is 0.437. The molecule has 2 saturated carbocycles. The molecule has 0 spiro atoms. The van der Waals surface area contributed by atoms with Gasteiger partial charge in [0.25, 0.3) is 5.56 Å². The van der Waals surface area contributed by atoms with Crippen molar-refractivity contribution in [2.45, 2.75) is 62.3 Å². The summed E-state index contributed by atoms with van der Waals surface area (Å²) in [6.45, 7) is 3.46. The van der Waals surface area contributed by atoms with Crippen LogP contribution in [0.2, 0.25) is 0 Å². The molecule has 3 heterocycles. The standard InChI is InChI=1S/C28H33N3O5/c32-22-6-5-15-3-1-2-4-21(15)31(22)18-7-9-29(10-8-18)13-16-11-17(16)14-30-27(35)23-19-12-20(24(23)28(30)36)26(34)25(19)33/h1-6,16-20,25-26,33-36H,7-14H2/t16-,17-,19?,20?,25?,26?/m1/s1. The second-order valence-electron chi connectivity index (χ2n) is 11.4. The molecule has 8 heteroatoms. The summed E-state index contributed by atoms with van der Waals surface area (Å²) >= 11 is 0. The zero-order valence-corrected chi connectivity index (χ0v) is 20.2. The summed E-state index contributed by atoms with van der Waals surface area (Å²) in [6.07, 6.45) is 1.80. The summed E-state index contributed by atoms with van der Waals surface area (Å²) in [5.74, 6) is 0.447. The van der Waals surface area contributed by atoms with Crippen molar-refractivity contribution < 1.29 is 20.4 Å². The fourth-order valence-corrected chi connectivity index (χ4v) is 7.41. The fraction of sp³-hybridized carbons (Fsp3) is 0.536. The van der Waals surface area contributed by atoms with Crippen molar-refractivity contribution in [1.82, 2.24) is 14.0 Å². The first-order valence-corrected chi connectivity index (χ1v) is 13.2. The predicted octanol–water partition coefficient (Wildman–Crippen LogP) is 2.49. The average molecular weight is 492 g/mol. The highest BCUT2D eigenvalue weighted by Crippen LogP contribution is 2.60. The zero-order valence-electron chi connectivity index (χ0n) is 20.2. The van der Waals surface area contributed by atoms with E-state index in [1.807, 2.05) is 28.8 Å². The molecule has 1 saturated heterocycles. The van der Waals surface area contributed by atoms with E-state index in [-0.39, 0.29) is 35.2 Å². The number of likely N-dealkylation sites (tertiary alicyclic amines) is 1. The van der Waals surface area contributed by atoms with Gasteiger partial charge in [0, 0.05) is 61.2 Å². The SMILES string of the molecule is O=c1ccc2ccccc2n1C1CCN(C[C@H]2C[C@@H]2Cn2c(O)c3c(c2O)C2CC3C(O)C2O)CC1. The van der Waals surface area contributed by atoms with Gasteiger partial charge >= 0.3 is 0 Å². The van der Waals surface area contributed by atoms with Gasteiger partial charge in [0.2, 0.25) is 0 Å². The molecule has 4 N–H and O–H groups in total. The van der Waals surface area contributed by atoms with Crippen LogP contribution < -0.4 is 5.56 Å². The molecule has 0 radical (unpaired) electrons. The van der Waals surface area contributed by atoms with Crippen LogP contribution in [0.15, 0.2) is 41.2 Å². The smallest absolute Gasteiger partial charge is 0.251 e. The maximum atomic E-state index is 12.7. The Labute approximate surface area is 209 Å². The molecule has 3 fully saturated rings. The van der Waals surface area contributed by atoms with Crippen molar-refractivity contribution in [1.29, 1.82) is 0 Å². The highest BCUT2D eigenvalue weighted by atomic mass is 16.3. The lowest BCUT2D eigenvalue weighted by atomic mass is 9.90. The van der Waals surface area contributed by atoms with Gasteiger partial charge in [0.1, 0.15) is 0 Å². The number of aromatic hydroxyl groups is 2. The third-order valence-corrected chi connectivity index (χ3v) is 9.45. The van der Waals surface area contributed by atoms with Crippen LogP contribution in [0.4, 0.5) is 0 Å². The van der Waals surface area contributed by atoms with E-state index in [2.05, 4.69) is 11.0 Å². The monoisotopic (exact) mass is 491 g/mol. The Kier molecular flexibility index (Phi) is 5.04. The molecular weight excluding hydrogens is 458 g/mol. The minimum atomic E-state index is -0.870. The maximum absolute atomic E-state index is 12.7. The number of aliphatic hydroxyl groups excluding tert-OH is 2. The van der Waals surface area contributed by atoms with Gasteiger partial charge < -0.3 is 29.9 Å². The molecule has 1 aromatic carbocycles. The van der Waals surface area contributed by atoms with Gasteiger partial charge in [-0.1, -0.05) is 18.2 Å². The molecule has 4 aliphatic rings.